The third-order valence-corrected chi connectivity index (χ3v) is 2.75. The fourth-order valence-electron chi connectivity index (χ4n) is 1.23. The van der Waals surface area contributed by atoms with E-state index in [1.54, 1.807) is 0 Å². The van der Waals surface area contributed by atoms with Crippen molar-refractivity contribution in [1.82, 2.24) is 4.98 Å². The van der Waals surface area contributed by atoms with Gasteiger partial charge < -0.3 is 28.3 Å². The normalized spacial score (nSPS) is 11.9. The minimum Gasteiger partial charge on any atom is -0.750 e. The van der Waals surface area contributed by atoms with Crippen LogP contribution in [0.5, 0.6) is 0 Å². The Balaban J connectivity index is -0.000000234. The van der Waals surface area contributed by atoms with Crippen LogP contribution in [0.15, 0.2) is 18.7 Å². The first-order chi connectivity index (χ1) is 10.8. The second kappa shape index (κ2) is 21.3. The summed E-state index contributed by atoms with van der Waals surface area (Å²) in [6.07, 6.45) is 9.76. The zero-order valence-corrected chi connectivity index (χ0v) is 15.1. The maximum atomic E-state index is 8.83. The standard InChI is InChI=1S/C7H16.C4H6N2.2H2O4S/c1-4-7(5-2)6-3;1-6-3-2-5-4-6;2*1-4-5(2)3/h7H,4-6H2,1-3H3;2-4H,1H3;2*1H,(H,2,3)/p-3. The van der Waals surface area contributed by atoms with Gasteiger partial charge in [-0.15, -0.1) is 0 Å². The van der Waals surface area contributed by atoms with E-state index >= 15 is 0 Å². The van der Waals surface area contributed by atoms with Crippen LogP contribution in [0.3, 0.4) is 0 Å². The molecule has 1 heterocycles. The molecule has 0 radical (unpaired) electrons. The molecule has 0 bridgehead atoms. The van der Waals surface area contributed by atoms with Crippen molar-refractivity contribution in [2.24, 2.45) is 13.0 Å². The van der Waals surface area contributed by atoms with Gasteiger partial charge in [0, 0.05) is 0 Å². The lowest BCUT2D eigenvalue weighted by Gasteiger charge is -2.05. The molecule has 0 aliphatic rings. The number of nitrogens with zero attached hydrogens (tertiary/aromatic N) is 1. The maximum Gasteiger partial charge on any atom is 0.241 e. The monoisotopic (exact) mass is 375 g/mol. The molecule has 0 saturated heterocycles. The first-order valence-corrected chi connectivity index (χ1v) is 8.55. The first-order valence-electron chi connectivity index (χ1n) is 6.55. The highest BCUT2D eigenvalue weighted by molar-refractivity contribution is 7.74. The summed E-state index contributed by atoms with van der Waals surface area (Å²) in [6, 6.07) is 0. The third kappa shape index (κ3) is 29.8. The molecule has 140 valence electrons. The van der Waals surface area contributed by atoms with E-state index in [1.165, 1.54) is 19.3 Å². The van der Waals surface area contributed by atoms with Crippen LogP contribution in [0.1, 0.15) is 40.0 Å². The predicted molar refractivity (Wildman–Crippen MR) is 76.3 cm³/mol. The van der Waals surface area contributed by atoms with Crippen LogP contribution >= 0.6 is 0 Å². The number of nitrogens with one attached hydrogen (secondary N) is 1. The van der Waals surface area contributed by atoms with Gasteiger partial charge in [0.2, 0.25) is 6.33 Å². The molecule has 0 aliphatic carbocycles. The van der Waals surface area contributed by atoms with Crippen molar-refractivity contribution >= 4 is 22.7 Å². The zero-order valence-electron chi connectivity index (χ0n) is 13.5. The van der Waals surface area contributed by atoms with Crippen molar-refractivity contribution in [1.29, 1.82) is 0 Å². The van der Waals surface area contributed by atoms with Gasteiger partial charge in [-0.25, -0.2) is 13.0 Å². The molecule has 0 aromatic carbocycles. The fraction of sp³-hybridized carbons (Fsp3) is 0.727. The highest BCUT2D eigenvalue weighted by atomic mass is 32.2. The van der Waals surface area contributed by atoms with Crippen molar-refractivity contribution in [2.45, 2.75) is 40.0 Å². The Morgan fingerprint density at radius 2 is 1.39 bits per heavy atom. The van der Waals surface area contributed by atoms with Gasteiger partial charge in [0.25, 0.3) is 0 Å². The Bertz CT molecular complexity index is 355. The van der Waals surface area contributed by atoms with Gasteiger partial charge in [-0.3, -0.25) is 4.98 Å². The minimum absolute atomic E-state index is 0.986. The molecule has 2 atom stereocenters. The molecule has 12 heteroatoms. The third-order valence-electron chi connectivity index (χ3n) is 2.53. The molecule has 23 heavy (non-hydrogen) atoms. The van der Waals surface area contributed by atoms with Crippen LogP contribution in [0.25, 0.3) is 0 Å². The Labute approximate surface area is 141 Å². The van der Waals surface area contributed by atoms with Gasteiger partial charge in [-0.05, 0) is 5.92 Å². The lowest BCUT2D eigenvalue weighted by atomic mass is 10.0. The molecule has 1 aromatic rings. The Kier molecular flexibility index (Phi) is 25.1. The summed E-state index contributed by atoms with van der Waals surface area (Å²) in [7, 11) is 1.97. The Morgan fingerprint density at radius 3 is 1.43 bits per heavy atom. The van der Waals surface area contributed by atoms with E-state index in [4.69, 9.17) is 28.0 Å². The highest BCUT2D eigenvalue weighted by Gasteiger charge is 1.95. The van der Waals surface area contributed by atoms with Gasteiger partial charge in [-0.2, -0.15) is 0 Å². The average Bonchev–Trinajstić information content (AvgIpc) is 3.02. The lowest BCUT2D eigenvalue weighted by molar-refractivity contribution is -0.670. The van der Waals surface area contributed by atoms with Crippen LogP contribution < -0.4 is 15.1 Å². The summed E-state index contributed by atoms with van der Waals surface area (Å²) in [5.41, 5.74) is 0. The van der Waals surface area contributed by atoms with E-state index in [0.717, 1.165) is 5.92 Å². The molecular weight excluding hydrogens is 352 g/mol. The van der Waals surface area contributed by atoms with Crippen molar-refractivity contribution in [3.05, 3.63) is 18.7 Å². The number of rotatable bonds is 5. The molecule has 10 nitrogen and oxygen atoms in total. The Hall–Kier alpha value is -0.730. The molecule has 1 aromatic heterocycles. The molecule has 0 aliphatic heterocycles. The van der Waals surface area contributed by atoms with E-state index in [0.29, 0.717) is 0 Å². The smallest absolute Gasteiger partial charge is 0.241 e. The number of H-pyrrole nitrogens is 1. The SMILES string of the molecule is CCC(CC)CC.C[n+]1cc[nH]c1.O=S([O-])O[O-].O=S([O-])O[O-]. The molecule has 0 saturated carbocycles. The fourth-order valence-corrected chi connectivity index (χ4v) is 1.23. The Morgan fingerprint density at radius 1 is 1.04 bits per heavy atom. The lowest BCUT2D eigenvalue weighted by Crippen LogP contribution is -2.22. The van der Waals surface area contributed by atoms with E-state index in [9.17, 15) is 0 Å². The summed E-state index contributed by atoms with van der Waals surface area (Å²) in [6.45, 7) is 6.78. The van der Waals surface area contributed by atoms with Crippen LogP contribution in [-0.4, -0.2) is 22.5 Å². The van der Waals surface area contributed by atoms with Crippen molar-refractivity contribution < 1.29 is 41.3 Å². The summed E-state index contributed by atoms with van der Waals surface area (Å²) in [5, 5.41) is 17.0. The molecule has 2 unspecified atom stereocenters. The van der Waals surface area contributed by atoms with Gasteiger partial charge in [-0.1, -0.05) is 40.0 Å². The largest absolute Gasteiger partial charge is 0.750 e. The number of hydrogen-bond acceptors (Lipinski definition) is 8. The number of aryl methyl sites for hydroxylation is 1. The number of imidazole rings is 1. The quantitative estimate of drug-likeness (QED) is 0.290. The van der Waals surface area contributed by atoms with Crippen molar-refractivity contribution in [3.8, 4) is 0 Å². The van der Waals surface area contributed by atoms with Crippen LogP contribution in [-0.2, 0) is 38.4 Å². The van der Waals surface area contributed by atoms with E-state index in [2.05, 4.69) is 34.4 Å². The summed E-state index contributed by atoms with van der Waals surface area (Å²) < 4.78 is 42.1. The van der Waals surface area contributed by atoms with Crippen LogP contribution in [0.2, 0.25) is 0 Å². The number of aromatic amines is 1. The van der Waals surface area contributed by atoms with E-state index < -0.39 is 22.7 Å². The molecule has 0 amide bonds. The van der Waals surface area contributed by atoms with Crippen molar-refractivity contribution in [2.75, 3.05) is 0 Å². The minimum atomic E-state index is -2.88. The average molecular weight is 375 g/mol. The van der Waals surface area contributed by atoms with Gasteiger partial charge >= 0.3 is 0 Å². The number of aromatic nitrogens is 2. The number of hydrogen-bond donors (Lipinski definition) is 1. The topological polar surface area (TPSA) is 165 Å². The van der Waals surface area contributed by atoms with Crippen molar-refractivity contribution in [3.63, 3.8) is 0 Å². The summed E-state index contributed by atoms with van der Waals surface area (Å²) in [4.78, 5) is 2.89. The summed E-state index contributed by atoms with van der Waals surface area (Å²) in [5.74, 6) is 0.986. The van der Waals surface area contributed by atoms with Crippen LogP contribution in [0.4, 0.5) is 0 Å². The molecule has 1 N–H and O–H groups in total. The molecule has 0 fully saturated rings. The second-order valence-corrected chi connectivity index (χ2v) is 5.00. The highest BCUT2D eigenvalue weighted by Crippen LogP contribution is 2.10. The van der Waals surface area contributed by atoms with Gasteiger partial charge in [0.05, 0.1) is 29.8 Å². The van der Waals surface area contributed by atoms with E-state index in [-0.39, 0.29) is 0 Å². The van der Waals surface area contributed by atoms with Crippen LogP contribution in [0, 0.1) is 5.92 Å². The zero-order chi connectivity index (χ0) is 18.7. The molecule has 0 spiro atoms. The van der Waals surface area contributed by atoms with E-state index in [1.807, 2.05) is 30.3 Å². The second-order valence-electron chi connectivity index (χ2n) is 3.91. The molecule has 1 rings (SSSR count). The molecular formula is C11H23N2O8S2-3. The summed E-state index contributed by atoms with van der Waals surface area (Å²) >= 11 is -5.76. The maximum absolute atomic E-state index is 8.83. The first kappa shape index (κ1) is 27.1. The predicted octanol–water partition coefficient (Wildman–Crippen LogP) is -1.18. The van der Waals surface area contributed by atoms with Gasteiger partial charge in [0.15, 0.2) is 0 Å². The van der Waals surface area contributed by atoms with Gasteiger partial charge in [0.1, 0.15) is 12.4 Å².